The number of hydrogen-bond donors (Lipinski definition) is 2. The molecule has 1 amide bonds. The van der Waals surface area contributed by atoms with E-state index in [0.29, 0.717) is 6.54 Å². The first-order valence-electron chi connectivity index (χ1n) is 9.30. The maximum absolute atomic E-state index is 12.6. The van der Waals surface area contributed by atoms with Gasteiger partial charge in [-0.25, -0.2) is 9.97 Å². The largest absolute Gasteiger partial charge is 0.376 e. The summed E-state index contributed by atoms with van der Waals surface area (Å²) in [5.74, 6) is 1.04. The molecule has 1 fully saturated rings. The molecular weight excluding hydrogens is 340 g/mol. The molecule has 0 aliphatic carbocycles. The smallest absolute Gasteiger partial charge is 0.241 e. The number of benzene rings is 1. The van der Waals surface area contributed by atoms with Gasteiger partial charge in [-0.3, -0.25) is 4.79 Å². The van der Waals surface area contributed by atoms with Gasteiger partial charge < -0.3 is 20.1 Å². The Morgan fingerprint density at radius 3 is 3.00 bits per heavy atom. The number of carbonyl (C=O) groups is 1. The number of hydrogen-bond acceptors (Lipinski definition) is 5. The summed E-state index contributed by atoms with van der Waals surface area (Å²) < 4.78 is 0. The van der Waals surface area contributed by atoms with E-state index >= 15 is 0 Å². The minimum absolute atomic E-state index is 0.0974. The molecule has 0 spiro atoms. The van der Waals surface area contributed by atoms with Crippen molar-refractivity contribution < 1.29 is 4.79 Å². The van der Waals surface area contributed by atoms with Crippen molar-refractivity contribution in [2.45, 2.75) is 18.9 Å². The molecule has 27 heavy (non-hydrogen) atoms. The molecule has 1 saturated heterocycles. The second-order valence-corrected chi connectivity index (χ2v) is 6.90. The lowest BCUT2D eigenvalue weighted by molar-refractivity contribution is -0.130. The lowest BCUT2D eigenvalue weighted by Gasteiger charge is -2.38. The van der Waals surface area contributed by atoms with Gasteiger partial charge in [0, 0.05) is 38.1 Å². The van der Waals surface area contributed by atoms with Crippen LogP contribution in [0.5, 0.6) is 0 Å². The van der Waals surface area contributed by atoms with E-state index in [1.54, 1.807) is 6.33 Å². The van der Waals surface area contributed by atoms with Gasteiger partial charge >= 0.3 is 0 Å². The Morgan fingerprint density at radius 2 is 2.15 bits per heavy atom. The minimum atomic E-state index is 0.0974. The molecule has 1 aliphatic rings. The van der Waals surface area contributed by atoms with Crippen molar-refractivity contribution in [2.24, 2.45) is 0 Å². The Kier molecular flexibility index (Phi) is 4.91. The molecule has 2 aromatic heterocycles. The number of amides is 1. The average molecular weight is 364 g/mol. The number of rotatable bonds is 5. The summed E-state index contributed by atoms with van der Waals surface area (Å²) in [6, 6.07) is 12.0. The minimum Gasteiger partial charge on any atom is -0.376 e. The third-order valence-electron chi connectivity index (χ3n) is 5.19. The molecule has 0 radical (unpaired) electrons. The molecule has 1 aromatic carbocycles. The molecule has 7 heteroatoms. The van der Waals surface area contributed by atoms with Crippen molar-refractivity contribution in [3.8, 4) is 0 Å². The highest BCUT2D eigenvalue weighted by Crippen LogP contribution is 2.26. The second kappa shape index (κ2) is 7.65. The fourth-order valence-corrected chi connectivity index (χ4v) is 3.64. The van der Waals surface area contributed by atoms with Gasteiger partial charge in [-0.05, 0) is 31.0 Å². The van der Waals surface area contributed by atoms with Crippen LogP contribution in [-0.2, 0) is 4.79 Å². The van der Waals surface area contributed by atoms with E-state index in [2.05, 4.69) is 25.2 Å². The van der Waals surface area contributed by atoms with Gasteiger partial charge in [0.2, 0.25) is 5.91 Å². The van der Waals surface area contributed by atoms with Gasteiger partial charge in [0.15, 0.2) is 0 Å². The summed E-state index contributed by atoms with van der Waals surface area (Å²) in [6.45, 7) is 2.02. The van der Waals surface area contributed by atoms with E-state index in [4.69, 9.17) is 0 Å². The molecule has 4 rings (SSSR count). The molecule has 7 nitrogen and oxygen atoms in total. The number of fused-ring (bicyclic) bond motifs is 1. The highest BCUT2D eigenvalue weighted by molar-refractivity contribution is 5.87. The van der Waals surface area contributed by atoms with Crippen molar-refractivity contribution in [3.05, 3.63) is 48.9 Å². The van der Waals surface area contributed by atoms with Gasteiger partial charge in [-0.1, -0.05) is 18.2 Å². The monoisotopic (exact) mass is 364 g/mol. The molecule has 1 unspecified atom stereocenters. The van der Waals surface area contributed by atoms with Crippen molar-refractivity contribution in [2.75, 3.05) is 36.9 Å². The molecule has 1 aliphatic heterocycles. The fourth-order valence-electron chi connectivity index (χ4n) is 3.64. The van der Waals surface area contributed by atoms with Crippen LogP contribution in [0.2, 0.25) is 0 Å². The van der Waals surface area contributed by atoms with E-state index in [0.717, 1.165) is 48.5 Å². The van der Waals surface area contributed by atoms with Crippen molar-refractivity contribution in [1.29, 1.82) is 0 Å². The lowest BCUT2D eigenvalue weighted by Crippen LogP contribution is -2.50. The molecule has 3 heterocycles. The molecule has 3 aromatic rings. The van der Waals surface area contributed by atoms with Crippen LogP contribution >= 0.6 is 0 Å². The van der Waals surface area contributed by atoms with Crippen molar-refractivity contribution in [1.82, 2.24) is 19.9 Å². The molecule has 0 saturated carbocycles. The number of nitrogens with zero attached hydrogens (tertiary/aromatic N) is 4. The number of nitrogens with one attached hydrogen (secondary N) is 2. The molecule has 2 N–H and O–H groups in total. The van der Waals surface area contributed by atoms with Gasteiger partial charge in [-0.15, -0.1) is 0 Å². The molecular formula is C20H24N6O. The fraction of sp³-hybridized carbons (Fsp3) is 0.350. The van der Waals surface area contributed by atoms with Crippen LogP contribution in [0.15, 0.2) is 48.9 Å². The average Bonchev–Trinajstić information content (AvgIpc) is 3.21. The van der Waals surface area contributed by atoms with Gasteiger partial charge in [0.1, 0.15) is 17.8 Å². The van der Waals surface area contributed by atoms with Crippen molar-refractivity contribution in [3.63, 3.8) is 0 Å². The quantitative estimate of drug-likeness (QED) is 0.727. The summed E-state index contributed by atoms with van der Waals surface area (Å²) in [5.41, 5.74) is 1.80. The highest BCUT2D eigenvalue weighted by Gasteiger charge is 2.27. The summed E-state index contributed by atoms with van der Waals surface area (Å²) in [6.07, 6.45) is 5.52. The number of likely N-dealkylation sites (N-methyl/N-ethyl adjacent to an activating group) is 1. The van der Waals surface area contributed by atoms with E-state index in [9.17, 15) is 4.79 Å². The van der Waals surface area contributed by atoms with Gasteiger partial charge in [0.25, 0.3) is 0 Å². The second-order valence-electron chi connectivity index (χ2n) is 6.90. The maximum atomic E-state index is 12.6. The lowest BCUT2D eigenvalue weighted by atomic mass is 10.0. The van der Waals surface area contributed by atoms with E-state index in [1.165, 1.54) is 0 Å². The Morgan fingerprint density at radius 1 is 1.30 bits per heavy atom. The Labute approximate surface area is 158 Å². The molecule has 0 bridgehead atoms. The number of carbonyl (C=O) groups excluding carboxylic acids is 1. The Bertz CT molecular complexity index is 909. The van der Waals surface area contributed by atoms with Crippen LogP contribution < -0.4 is 10.2 Å². The number of H-pyrrole nitrogens is 1. The van der Waals surface area contributed by atoms with Crippen LogP contribution in [0.4, 0.5) is 11.5 Å². The van der Waals surface area contributed by atoms with Crippen LogP contribution in [0.25, 0.3) is 11.0 Å². The zero-order chi connectivity index (χ0) is 18.6. The van der Waals surface area contributed by atoms with E-state index in [-0.39, 0.29) is 11.9 Å². The predicted molar refractivity (Wildman–Crippen MR) is 107 cm³/mol. The summed E-state index contributed by atoms with van der Waals surface area (Å²) >= 11 is 0. The summed E-state index contributed by atoms with van der Waals surface area (Å²) in [4.78, 5) is 28.7. The SMILES string of the molecule is CN(C(=O)CNc1ccccc1)C1CCCN(c2ncnc3[nH]ccc23)C1. The van der Waals surface area contributed by atoms with Crippen LogP contribution in [0.3, 0.4) is 0 Å². The zero-order valence-corrected chi connectivity index (χ0v) is 15.4. The normalized spacial score (nSPS) is 17.1. The Hall–Kier alpha value is -3.09. The first-order chi connectivity index (χ1) is 13.2. The standard InChI is InChI=1S/C20H24N6O/c1-25(18(27)12-22-15-6-3-2-4-7-15)16-8-5-11-26(13-16)20-17-9-10-21-19(17)23-14-24-20/h2-4,6-7,9-10,14,16,22H,5,8,11-13H2,1H3,(H,21,23,24). The first kappa shape index (κ1) is 17.3. The number of piperidine rings is 1. The highest BCUT2D eigenvalue weighted by atomic mass is 16.2. The number of anilines is 2. The van der Waals surface area contributed by atoms with Crippen LogP contribution in [0.1, 0.15) is 12.8 Å². The third-order valence-corrected chi connectivity index (χ3v) is 5.19. The number of para-hydroxylation sites is 1. The van der Waals surface area contributed by atoms with Gasteiger partial charge in [0.05, 0.1) is 11.9 Å². The predicted octanol–water partition coefficient (Wildman–Crippen LogP) is 2.50. The summed E-state index contributed by atoms with van der Waals surface area (Å²) in [7, 11) is 1.90. The van der Waals surface area contributed by atoms with E-state index in [1.807, 2.05) is 54.5 Å². The molecule has 1 atom stereocenters. The van der Waals surface area contributed by atoms with Crippen LogP contribution in [-0.4, -0.2) is 58.5 Å². The third kappa shape index (κ3) is 3.72. The maximum Gasteiger partial charge on any atom is 0.241 e. The zero-order valence-electron chi connectivity index (χ0n) is 15.4. The van der Waals surface area contributed by atoms with Crippen LogP contribution in [0, 0.1) is 0 Å². The van der Waals surface area contributed by atoms with E-state index < -0.39 is 0 Å². The Balaban J connectivity index is 1.41. The van der Waals surface area contributed by atoms with Gasteiger partial charge in [-0.2, -0.15) is 0 Å². The van der Waals surface area contributed by atoms with Crippen molar-refractivity contribution >= 4 is 28.4 Å². The molecule has 140 valence electrons. The number of aromatic amines is 1. The number of aromatic nitrogens is 3. The first-order valence-corrected chi connectivity index (χ1v) is 9.30. The summed E-state index contributed by atoms with van der Waals surface area (Å²) in [5, 5.41) is 4.22. The topological polar surface area (TPSA) is 77.2 Å².